The van der Waals surface area contributed by atoms with Gasteiger partial charge in [0.2, 0.25) is 0 Å². The summed E-state index contributed by atoms with van der Waals surface area (Å²) in [6, 6.07) is 58.0. The number of aliphatic imine (C=N–C) groups is 2. The van der Waals surface area contributed by atoms with Crippen molar-refractivity contribution in [1.82, 2.24) is 9.88 Å². The Balaban J connectivity index is 1.09. The Hall–Kier alpha value is -7.24. The summed E-state index contributed by atoms with van der Waals surface area (Å²) >= 11 is 0. The topological polar surface area (TPSA) is 54.8 Å². The quantitative estimate of drug-likeness (QED) is 0.187. The Labute approximate surface area is 317 Å². The number of nitrogens with one attached hydrogen (secondary N) is 1. The molecule has 260 valence electrons. The third-order valence-electron chi connectivity index (χ3n) is 10.9. The van der Waals surface area contributed by atoms with Gasteiger partial charge in [0.1, 0.15) is 29.0 Å². The first-order chi connectivity index (χ1) is 27.2. The van der Waals surface area contributed by atoms with Crippen molar-refractivity contribution in [2.75, 3.05) is 0 Å². The number of nitrogens with zero attached hydrogens (tertiary/aromatic N) is 3. The van der Waals surface area contributed by atoms with Gasteiger partial charge in [-0.15, -0.1) is 0 Å². The third kappa shape index (κ3) is 5.32. The molecule has 2 aromatic heterocycles. The average Bonchev–Trinajstić information content (AvgIpc) is 4.01. The summed E-state index contributed by atoms with van der Waals surface area (Å²) in [5, 5.41) is 8.15. The summed E-state index contributed by atoms with van der Waals surface area (Å²) < 4.78 is 9.11. The Kier molecular flexibility index (Phi) is 7.24. The molecule has 9 aromatic rings. The highest BCUT2D eigenvalue weighted by Crippen LogP contribution is 2.39. The minimum atomic E-state index is -0.261. The van der Waals surface area contributed by atoms with Gasteiger partial charge in [0.05, 0.1) is 17.0 Å². The van der Waals surface area contributed by atoms with Crippen molar-refractivity contribution in [3.8, 4) is 27.9 Å². The fourth-order valence-electron chi connectivity index (χ4n) is 8.23. The SMILES string of the molecule is C1=CC(C2=NC(c3ccccc3)NC(c3cccc4oc5cc(-n6c7cc(-c8ccccc8)ccc7c7ccc(-c8ccccc8)cc76)ccc5c34)=N2)C=C1. The summed E-state index contributed by atoms with van der Waals surface area (Å²) in [6.45, 7) is 0. The highest BCUT2D eigenvalue weighted by molar-refractivity contribution is 6.21. The zero-order chi connectivity index (χ0) is 36.3. The van der Waals surface area contributed by atoms with Crippen LogP contribution in [-0.2, 0) is 0 Å². The van der Waals surface area contributed by atoms with Crippen LogP contribution in [0.25, 0.3) is 71.7 Å². The average molecular weight is 707 g/mol. The maximum absolute atomic E-state index is 6.72. The molecule has 1 unspecified atom stereocenters. The summed E-state index contributed by atoms with van der Waals surface area (Å²) in [6.07, 6.45) is 8.15. The van der Waals surface area contributed by atoms with E-state index in [2.05, 4.69) is 180 Å². The van der Waals surface area contributed by atoms with Crippen LogP contribution in [0, 0.1) is 5.92 Å². The molecule has 0 saturated carbocycles. The van der Waals surface area contributed by atoms with E-state index < -0.39 is 0 Å². The number of aromatic nitrogens is 1. The summed E-state index contributed by atoms with van der Waals surface area (Å²) in [5.74, 6) is 1.60. The van der Waals surface area contributed by atoms with E-state index in [1.165, 1.54) is 33.0 Å². The van der Waals surface area contributed by atoms with Crippen molar-refractivity contribution < 1.29 is 4.42 Å². The standard InChI is InChI=1S/C50H34N4O/c1-4-13-32(14-5-1)36-23-26-39-40-27-24-37(33-15-6-2-7-16-33)30-44(40)54(43(39)29-36)38-25-28-41-46(31-38)55-45-22-12-21-42(47(41)45)50-52-48(34-17-8-3-9-18-34)51-49(53-50)35-19-10-11-20-35/h1-31,35,48H,(H,51,52,53). The van der Waals surface area contributed by atoms with Gasteiger partial charge in [0.15, 0.2) is 0 Å². The lowest BCUT2D eigenvalue weighted by molar-refractivity contribution is 0.665. The summed E-state index contributed by atoms with van der Waals surface area (Å²) in [4.78, 5) is 10.2. The number of hydrogen-bond acceptors (Lipinski definition) is 4. The molecule has 0 saturated heterocycles. The predicted molar refractivity (Wildman–Crippen MR) is 227 cm³/mol. The summed E-state index contributed by atoms with van der Waals surface area (Å²) in [7, 11) is 0. The molecule has 0 amide bonds. The van der Waals surface area contributed by atoms with Crippen molar-refractivity contribution in [2.24, 2.45) is 15.9 Å². The van der Waals surface area contributed by atoms with Gasteiger partial charge in [-0.05, 0) is 58.1 Å². The minimum absolute atomic E-state index is 0.0298. The smallest absolute Gasteiger partial charge is 0.147 e. The number of amidine groups is 2. The van der Waals surface area contributed by atoms with Crippen LogP contribution in [0.3, 0.4) is 0 Å². The number of allylic oxidation sites excluding steroid dienone is 2. The van der Waals surface area contributed by atoms with E-state index in [1.807, 2.05) is 18.2 Å². The number of benzene rings is 7. The van der Waals surface area contributed by atoms with E-state index >= 15 is 0 Å². The lowest BCUT2D eigenvalue weighted by Crippen LogP contribution is -2.34. The van der Waals surface area contributed by atoms with Gasteiger partial charge >= 0.3 is 0 Å². The van der Waals surface area contributed by atoms with Crippen LogP contribution in [0.2, 0.25) is 0 Å². The lowest BCUT2D eigenvalue weighted by Gasteiger charge is -2.25. The molecule has 5 nitrogen and oxygen atoms in total. The number of furan rings is 1. The third-order valence-corrected chi connectivity index (χ3v) is 10.9. The van der Waals surface area contributed by atoms with Gasteiger partial charge in [-0.2, -0.15) is 0 Å². The molecule has 0 fully saturated rings. The van der Waals surface area contributed by atoms with E-state index in [9.17, 15) is 0 Å². The molecule has 1 atom stereocenters. The van der Waals surface area contributed by atoms with E-state index in [0.717, 1.165) is 61.5 Å². The van der Waals surface area contributed by atoms with Gasteiger partial charge in [0, 0.05) is 38.9 Å². The van der Waals surface area contributed by atoms with Gasteiger partial charge in [0.25, 0.3) is 0 Å². The van der Waals surface area contributed by atoms with Crippen LogP contribution in [0.4, 0.5) is 0 Å². The first kappa shape index (κ1) is 31.3. The monoisotopic (exact) mass is 706 g/mol. The summed E-state index contributed by atoms with van der Waals surface area (Å²) in [5.41, 5.74) is 11.8. The van der Waals surface area contributed by atoms with Gasteiger partial charge in [-0.3, -0.25) is 0 Å². The fourth-order valence-corrected chi connectivity index (χ4v) is 8.23. The fraction of sp³-hybridized carbons (Fsp3) is 0.0400. The second-order valence-corrected chi connectivity index (χ2v) is 14.2. The van der Waals surface area contributed by atoms with Crippen LogP contribution >= 0.6 is 0 Å². The molecule has 1 N–H and O–H groups in total. The molecule has 5 heteroatoms. The molecule has 11 rings (SSSR count). The maximum Gasteiger partial charge on any atom is 0.147 e. The lowest BCUT2D eigenvalue weighted by atomic mass is 10.0. The number of hydrogen-bond donors (Lipinski definition) is 1. The molecule has 2 aliphatic rings. The van der Waals surface area contributed by atoms with E-state index in [-0.39, 0.29) is 12.1 Å². The molecular formula is C50H34N4O. The van der Waals surface area contributed by atoms with Crippen molar-refractivity contribution in [2.45, 2.75) is 6.17 Å². The van der Waals surface area contributed by atoms with Gasteiger partial charge < -0.3 is 14.3 Å². The molecule has 0 spiro atoms. The van der Waals surface area contributed by atoms with Gasteiger partial charge in [-0.25, -0.2) is 9.98 Å². The maximum atomic E-state index is 6.72. The molecule has 55 heavy (non-hydrogen) atoms. The Morgan fingerprint density at radius 3 is 1.80 bits per heavy atom. The van der Waals surface area contributed by atoms with Crippen molar-refractivity contribution in [1.29, 1.82) is 0 Å². The van der Waals surface area contributed by atoms with E-state index in [1.54, 1.807) is 0 Å². The van der Waals surface area contributed by atoms with E-state index in [4.69, 9.17) is 14.4 Å². The van der Waals surface area contributed by atoms with Crippen LogP contribution in [-0.4, -0.2) is 16.2 Å². The zero-order valence-corrected chi connectivity index (χ0v) is 29.8. The van der Waals surface area contributed by atoms with Crippen molar-refractivity contribution in [3.05, 3.63) is 199 Å². The second-order valence-electron chi connectivity index (χ2n) is 14.2. The van der Waals surface area contributed by atoms with E-state index in [0.29, 0.717) is 0 Å². The molecule has 7 aromatic carbocycles. The zero-order valence-electron chi connectivity index (χ0n) is 29.8. The van der Waals surface area contributed by atoms with Crippen LogP contribution in [0.5, 0.6) is 0 Å². The normalized spacial score (nSPS) is 15.6. The molecule has 1 aliphatic carbocycles. The molecule has 0 bridgehead atoms. The second kappa shape index (κ2) is 12.7. The molecule has 3 heterocycles. The molecular weight excluding hydrogens is 673 g/mol. The highest BCUT2D eigenvalue weighted by atomic mass is 16.3. The highest BCUT2D eigenvalue weighted by Gasteiger charge is 2.26. The first-order valence-corrected chi connectivity index (χ1v) is 18.7. The minimum Gasteiger partial charge on any atom is -0.456 e. The van der Waals surface area contributed by atoms with Crippen LogP contribution in [0.1, 0.15) is 17.3 Å². The first-order valence-electron chi connectivity index (χ1n) is 18.7. The molecule has 0 radical (unpaired) electrons. The van der Waals surface area contributed by atoms with Gasteiger partial charge in [-0.1, -0.05) is 152 Å². The predicted octanol–water partition coefficient (Wildman–Crippen LogP) is 12.2. The van der Waals surface area contributed by atoms with Crippen molar-refractivity contribution >= 4 is 55.4 Å². The van der Waals surface area contributed by atoms with Crippen LogP contribution < -0.4 is 5.32 Å². The number of rotatable bonds is 6. The molecule has 1 aliphatic heterocycles. The Morgan fingerprint density at radius 1 is 0.527 bits per heavy atom. The number of fused-ring (bicyclic) bond motifs is 6. The Bertz CT molecular complexity index is 2950. The Morgan fingerprint density at radius 2 is 1.15 bits per heavy atom. The van der Waals surface area contributed by atoms with Crippen molar-refractivity contribution in [3.63, 3.8) is 0 Å². The van der Waals surface area contributed by atoms with Crippen LogP contribution in [0.15, 0.2) is 202 Å². The largest absolute Gasteiger partial charge is 0.456 e.